The van der Waals surface area contributed by atoms with Crippen molar-refractivity contribution in [3.05, 3.63) is 54.1 Å². The van der Waals surface area contributed by atoms with E-state index in [4.69, 9.17) is 4.74 Å². The van der Waals surface area contributed by atoms with Gasteiger partial charge in [-0.3, -0.25) is 9.52 Å². The first-order chi connectivity index (χ1) is 11.9. The van der Waals surface area contributed by atoms with Crippen molar-refractivity contribution in [2.75, 3.05) is 24.9 Å². The Hall–Kier alpha value is -2.54. The minimum Gasteiger partial charge on any atom is -0.495 e. The maximum atomic E-state index is 12.6. The highest BCUT2D eigenvalue weighted by atomic mass is 32.2. The molecular weight excluding hydrogens is 340 g/mol. The SMILES string of the molecule is CCN(CC)C(=O)c1cccc(NS(=O)(=O)c2ccccc2OC)c1. The molecule has 0 atom stereocenters. The summed E-state index contributed by atoms with van der Waals surface area (Å²) in [6.07, 6.45) is 0. The number of carbonyl (C=O) groups excluding carboxylic acids is 1. The third kappa shape index (κ3) is 4.30. The summed E-state index contributed by atoms with van der Waals surface area (Å²) in [7, 11) is -2.42. The van der Waals surface area contributed by atoms with E-state index in [1.807, 2.05) is 13.8 Å². The number of anilines is 1. The average molecular weight is 362 g/mol. The molecule has 2 aromatic carbocycles. The van der Waals surface area contributed by atoms with Crippen molar-refractivity contribution in [3.63, 3.8) is 0 Å². The zero-order valence-electron chi connectivity index (χ0n) is 14.5. The summed E-state index contributed by atoms with van der Waals surface area (Å²) in [5, 5.41) is 0. The zero-order valence-corrected chi connectivity index (χ0v) is 15.3. The summed E-state index contributed by atoms with van der Waals surface area (Å²) in [6, 6.07) is 12.8. The molecule has 0 unspecified atom stereocenters. The van der Waals surface area contributed by atoms with Crippen molar-refractivity contribution in [1.82, 2.24) is 4.90 Å². The standard InChI is InChI=1S/C18H22N2O4S/c1-4-20(5-2)18(21)14-9-8-10-15(13-14)19-25(22,23)17-12-7-6-11-16(17)24-3/h6-13,19H,4-5H2,1-3H3. The van der Waals surface area contributed by atoms with E-state index < -0.39 is 10.0 Å². The van der Waals surface area contributed by atoms with Crippen LogP contribution in [0.3, 0.4) is 0 Å². The molecule has 1 amide bonds. The van der Waals surface area contributed by atoms with Crippen LogP contribution in [0.25, 0.3) is 0 Å². The van der Waals surface area contributed by atoms with Gasteiger partial charge < -0.3 is 9.64 Å². The van der Waals surface area contributed by atoms with Crippen molar-refractivity contribution in [1.29, 1.82) is 0 Å². The van der Waals surface area contributed by atoms with Gasteiger partial charge in [0.25, 0.3) is 15.9 Å². The molecule has 0 radical (unpaired) electrons. The summed E-state index contributed by atoms with van der Waals surface area (Å²) in [5.74, 6) is 0.119. The van der Waals surface area contributed by atoms with Crippen molar-refractivity contribution < 1.29 is 17.9 Å². The molecule has 0 bridgehead atoms. The van der Waals surface area contributed by atoms with Gasteiger partial charge in [0.05, 0.1) is 7.11 Å². The normalized spacial score (nSPS) is 11.0. The van der Waals surface area contributed by atoms with E-state index >= 15 is 0 Å². The summed E-state index contributed by atoms with van der Waals surface area (Å²) >= 11 is 0. The highest BCUT2D eigenvalue weighted by Crippen LogP contribution is 2.25. The second-order valence-electron chi connectivity index (χ2n) is 5.31. The fourth-order valence-corrected chi connectivity index (χ4v) is 3.68. The minimum absolute atomic E-state index is 0.0398. The number of nitrogens with zero attached hydrogens (tertiary/aromatic N) is 1. The predicted octanol–water partition coefficient (Wildman–Crippen LogP) is 2.98. The number of ether oxygens (including phenoxy) is 1. The van der Waals surface area contributed by atoms with Crippen molar-refractivity contribution >= 4 is 21.6 Å². The molecule has 2 aromatic rings. The Balaban J connectivity index is 2.31. The first-order valence-electron chi connectivity index (χ1n) is 7.98. The summed E-state index contributed by atoms with van der Waals surface area (Å²) in [6.45, 7) is 4.98. The Kier molecular flexibility index (Phi) is 6.03. The van der Waals surface area contributed by atoms with E-state index in [9.17, 15) is 13.2 Å². The van der Waals surface area contributed by atoms with E-state index in [-0.39, 0.29) is 16.6 Å². The summed E-state index contributed by atoms with van der Waals surface area (Å²) in [5.41, 5.74) is 0.757. The van der Waals surface area contributed by atoms with Gasteiger partial charge in [-0.15, -0.1) is 0 Å². The molecule has 0 heterocycles. The van der Waals surface area contributed by atoms with Crippen LogP contribution in [0.5, 0.6) is 5.75 Å². The molecule has 0 aliphatic carbocycles. The Morgan fingerprint density at radius 1 is 1.08 bits per heavy atom. The molecular formula is C18H22N2O4S. The van der Waals surface area contributed by atoms with Crippen molar-refractivity contribution in [3.8, 4) is 5.75 Å². The molecule has 134 valence electrons. The largest absolute Gasteiger partial charge is 0.495 e. The number of methoxy groups -OCH3 is 1. The Labute approximate surface area is 148 Å². The van der Waals surface area contributed by atoms with E-state index in [0.29, 0.717) is 24.3 Å². The van der Waals surface area contributed by atoms with Gasteiger partial charge in [-0.05, 0) is 44.2 Å². The van der Waals surface area contributed by atoms with Crippen LogP contribution in [0.2, 0.25) is 0 Å². The summed E-state index contributed by atoms with van der Waals surface area (Å²) in [4.78, 5) is 14.1. The second kappa shape index (κ2) is 8.02. The highest BCUT2D eigenvalue weighted by Gasteiger charge is 2.20. The number of carbonyl (C=O) groups is 1. The van der Waals surface area contributed by atoms with E-state index in [0.717, 1.165) is 0 Å². The molecule has 0 saturated heterocycles. The lowest BCUT2D eigenvalue weighted by Gasteiger charge is -2.19. The molecule has 0 spiro atoms. The second-order valence-corrected chi connectivity index (χ2v) is 6.97. The van der Waals surface area contributed by atoms with Gasteiger partial charge in [0.1, 0.15) is 10.6 Å². The lowest BCUT2D eigenvalue weighted by molar-refractivity contribution is 0.0773. The topological polar surface area (TPSA) is 75.7 Å². The third-order valence-corrected chi connectivity index (χ3v) is 5.19. The van der Waals surface area contributed by atoms with Gasteiger partial charge in [-0.25, -0.2) is 8.42 Å². The van der Waals surface area contributed by atoms with Gasteiger partial charge in [0.15, 0.2) is 0 Å². The molecule has 0 fully saturated rings. The molecule has 0 saturated carbocycles. The van der Waals surface area contributed by atoms with Gasteiger partial charge in [0.2, 0.25) is 0 Å². The van der Waals surface area contributed by atoms with Crippen molar-refractivity contribution in [2.45, 2.75) is 18.7 Å². The highest BCUT2D eigenvalue weighted by molar-refractivity contribution is 7.92. The van der Waals surface area contributed by atoms with Crippen LogP contribution in [0.15, 0.2) is 53.4 Å². The van der Waals surface area contributed by atoms with Gasteiger partial charge in [0, 0.05) is 24.3 Å². The number of hydrogen-bond donors (Lipinski definition) is 1. The number of hydrogen-bond acceptors (Lipinski definition) is 4. The Morgan fingerprint density at radius 2 is 1.76 bits per heavy atom. The van der Waals surface area contributed by atoms with Crippen LogP contribution in [-0.2, 0) is 10.0 Å². The number of para-hydroxylation sites is 1. The number of amides is 1. The lowest BCUT2D eigenvalue weighted by atomic mass is 10.2. The zero-order chi connectivity index (χ0) is 18.4. The summed E-state index contributed by atoms with van der Waals surface area (Å²) < 4.78 is 32.9. The average Bonchev–Trinajstić information content (AvgIpc) is 2.62. The fourth-order valence-electron chi connectivity index (χ4n) is 2.46. The molecule has 0 aromatic heterocycles. The van der Waals surface area contributed by atoms with Gasteiger partial charge >= 0.3 is 0 Å². The number of sulfonamides is 1. The minimum atomic E-state index is -3.83. The lowest BCUT2D eigenvalue weighted by Crippen LogP contribution is -2.30. The smallest absolute Gasteiger partial charge is 0.265 e. The van der Waals surface area contributed by atoms with Gasteiger partial charge in [-0.2, -0.15) is 0 Å². The fraction of sp³-hybridized carbons (Fsp3) is 0.278. The molecule has 1 N–H and O–H groups in total. The van der Waals surface area contributed by atoms with E-state index in [1.54, 1.807) is 41.3 Å². The van der Waals surface area contributed by atoms with Crippen molar-refractivity contribution in [2.24, 2.45) is 0 Å². The van der Waals surface area contributed by atoms with Crippen LogP contribution < -0.4 is 9.46 Å². The van der Waals surface area contributed by atoms with E-state index in [2.05, 4.69) is 4.72 Å². The number of nitrogens with one attached hydrogen (secondary N) is 1. The first-order valence-corrected chi connectivity index (χ1v) is 9.46. The van der Waals surface area contributed by atoms with Crippen LogP contribution >= 0.6 is 0 Å². The third-order valence-electron chi connectivity index (χ3n) is 3.77. The number of rotatable bonds is 7. The van der Waals surface area contributed by atoms with E-state index in [1.165, 1.54) is 19.2 Å². The molecule has 6 nitrogen and oxygen atoms in total. The quantitative estimate of drug-likeness (QED) is 0.822. The molecule has 7 heteroatoms. The Bertz CT molecular complexity index is 846. The van der Waals surface area contributed by atoms with Crippen LogP contribution in [0, 0.1) is 0 Å². The first kappa shape index (κ1) is 18.8. The van der Waals surface area contributed by atoms with Crippen LogP contribution in [0.4, 0.5) is 5.69 Å². The molecule has 2 rings (SSSR count). The maximum Gasteiger partial charge on any atom is 0.265 e. The molecule has 25 heavy (non-hydrogen) atoms. The maximum absolute atomic E-state index is 12.6. The van der Waals surface area contributed by atoms with Crippen LogP contribution in [0.1, 0.15) is 24.2 Å². The van der Waals surface area contributed by atoms with Crippen LogP contribution in [-0.4, -0.2) is 39.4 Å². The van der Waals surface area contributed by atoms with Gasteiger partial charge in [-0.1, -0.05) is 18.2 Å². The molecule has 0 aliphatic rings. The Morgan fingerprint density at radius 3 is 2.40 bits per heavy atom. The number of benzene rings is 2. The molecule has 0 aliphatic heterocycles. The monoisotopic (exact) mass is 362 g/mol. The predicted molar refractivity (Wildman–Crippen MR) is 97.5 cm³/mol.